The quantitative estimate of drug-likeness (QED) is 0.781. The molecule has 108 valence electrons. The molecule has 0 aliphatic heterocycles. The second kappa shape index (κ2) is 6.39. The molecule has 0 spiro atoms. The topological polar surface area (TPSA) is 55.4 Å². The lowest BCUT2D eigenvalue weighted by molar-refractivity contribution is 0.108. The summed E-state index contributed by atoms with van der Waals surface area (Å²) >= 11 is 0. The summed E-state index contributed by atoms with van der Waals surface area (Å²) in [7, 11) is -3.20. The fraction of sp³-hybridized carbons (Fsp3) is 0.571. The van der Waals surface area contributed by atoms with E-state index in [1.54, 1.807) is 24.3 Å². The van der Waals surface area contributed by atoms with E-state index < -0.39 is 9.84 Å². The van der Waals surface area contributed by atoms with Gasteiger partial charge in [-0.25, -0.2) is 8.42 Å². The molecule has 0 amide bonds. The molecule has 0 fully saturated rings. The molecule has 0 aliphatic rings. The smallest absolute Gasteiger partial charge is 0.175 e. The zero-order valence-corrected chi connectivity index (χ0v) is 12.9. The average molecular weight is 285 g/mol. The van der Waals surface area contributed by atoms with Gasteiger partial charge < -0.3 is 10.1 Å². The Bertz CT molecular complexity index is 509. The van der Waals surface area contributed by atoms with Crippen LogP contribution in [0.1, 0.15) is 27.2 Å². The van der Waals surface area contributed by atoms with Crippen LogP contribution < -0.4 is 10.1 Å². The van der Waals surface area contributed by atoms with Crippen molar-refractivity contribution in [1.82, 2.24) is 5.32 Å². The second-order valence-corrected chi connectivity index (χ2v) is 7.30. The molecule has 0 heterocycles. The Balaban J connectivity index is 2.76. The van der Waals surface area contributed by atoms with Gasteiger partial charge in [0.1, 0.15) is 11.4 Å². The van der Waals surface area contributed by atoms with E-state index in [9.17, 15) is 8.42 Å². The molecule has 0 unspecified atom stereocenters. The van der Waals surface area contributed by atoms with Crippen LogP contribution in [0.15, 0.2) is 29.2 Å². The molecule has 0 saturated carbocycles. The van der Waals surface area contributed by atoms with Crippen molar-refractivity contribution in [2.24, 2.45) is 0 Å². The van der Waals surface area contributed by atoms with Crippen molar-refractivity contribution in [3.8, 4) is 5.75 Å². The van der Waals surface area contributed by atoms with Gasteiger partial charge in [0.2, 0.25) is 0 Å². The monoisotopic (exact) mass is 285 g/mol. The summed E-state index contributed by atoms with van der Waals surface area (Å²) in [5, 5.41) is 3.30. The van der Waals surface area contributed by atoms with Crippen LogP contribution >= 0.6 is 0 Å². The highest BCUT2D eigenvalue weighted by atomic mass is 32.2. The SMILES string of the molecule is CCCNCC(C)(C)Oc1cccc(S(C)(=O)=O)c1. The molecule has 4 nitrogen and oxygen atoms in total. The Morgan fingerprint density at radius 2 is 2.00 bits per heavy atom. The fourth-order valence-electron chi connectivity index (χ4n) is 1.69. The lowest BCUT2D eigenvalue weighted by Crippen LogP contribution is -2.40. The summed E-state index contributed by atoms with van der Waals surface area (Å²) in [4.78, 5) is 0.280. The third kappa shape index (κ3) is 5.61. The van der Waals surface area contributed by atoms with Gasteiger partial charge in [-0.3, -0.25) is 0 Å². The van der Waals surface area contributed by atoms with Crippen LogP contribution in [-0.4, -0.2) is 33.4 Å². The van der Waals surface area contributed by atoms with Crippen molar-refractivity contribution < 1.29 is 13.2 Å². The summed E-state index contributed by atoms with van der Waals surface area (Å²) in [5.41, 5.74) is -0.384. The van der Waals surface area contributed by atoms with E-state index in [4.69, 9.17) is 4.74 Å². The Labute approximate surface area is 116 Å². The van der Waals surface area contributed by atoms with Gasteiger partial charge in [-0.1, -0.05) is 13.0 Å². The first-order chi connectivity index (χ1) is 8.74. The van der Waals surface area contributed by atoms with Crippen molar-refractivity contribution in [3.05, 3.63) is 24.3 Å². The molecular weight excluding hydrogens is 262 g/mol. The van der Waals surface area contributed by atoms with Gasteiger partial charge in [-0.2, -0.15) is 0 Å². The minimum absolute atomic E-state index is 0.280. The Morgan fingerprint density at radius 1 is 1.32 bits per heavy atom. The maximum Gasteiger partial charge on any atom is 0.175 e. The predicted octanol–water partition coefficient (Wildman–Crippen LogP) is 2.25. The molecule has 19 heavy (non-hydrogen) atoms. The Morgan fingerprint density at radius 3 is 2.58 bits per heavy atom. The molecule has 1 rings (SSSR count). The van der Waals surface area contributed by atoms with Gasteiger partial charge in [0.05, 0.1) is 4.90 Å². The lowest BCUT2D eigenvalue weighted by Gasteiger charge is -2.27. The fourth-order valence-corrected chi connectivity index (χ4v) is 2.35. The highest BCUT2D eigenvalue weighted by Crippen LogP contribution is 2.21. The van der Waals surface area contributed by atoms with Gasteiger partial charge in [0.25, 0.3) is 0 Å². The van der Waals surface area contributed by atoms with E-state index in [0.717, 1.165) is 13.0 Å². The highest BCUT2D eigenvalue weighted by Gasteiger charge is 2.20. The standard InChI is InChI=1S/C14H23NO3S/c1-5-9-15-11-14(2,3)18-12-7-6-8-13(10-12)19(4,16)17/h6-8,10,15H,5,9,11H2,1-4H3. The third-order valence-electron chi connectivity index (χ3n) is 2.61. The van der Waals surface area contributed by atoms with Crippen LogP contribution in [0.3, 0.4) is 0 Å². The highest BCUT2D eigenvalue weighted by molar-refractivity contribution is 7.90. The molecule has 5 heteroatoms. The molecule has 0 bridgehead atoms. The summed E-state index contributed by atoms with van der Waals surface area (Å²) < 4.78 is 28.8. The van der Waals surface area contributed by atoms with Crippen LogP contribution in [0.5, 0.6) is 5.75 Å². The number of hydrogen-bond donors (Lipinski definition) is 1. The van der Waals surface area contributed by atoms with Crippen LogP contribution in [0.2, 0.25) is 0 Å². The van der Waals surface area contributed by atoms with Crippen LogP contribution in [-0.2, 0) is 9.84 Å². The number of rotatable bonds is 7. The van der Waals surface area contributed by atoms with E-state index in [-0.39, 0.29) is 10.5 Å². The van der Waals surface area contributed by atoms with E-state index in [0.29, 0.717) is 12.3 Å². The molecule has 1 aromatic rings. The van der Waals surface area contributed by atoms with Crippen LogP contribution in [0.4, 0.5) is 0 Å². The van der Waals surface area contributed by atoms with Crippen molar-refractivity contribution in [1.29, 1.82) is 0 Å². The van der Waals surface area contributed by atoms with E-state index in [1.807, 2.05) is 13.8 Å². The van der Waals surface area contributed by atoms with Gasteiger partial charge >= 0.3 is 0 Å². The molecule has 0 radical (unpaired) electrons. The van der Waals surface area contributed by atoms with E-state index in [2.05, 4.69) is 12.2 Å². The zero-order valence-electron chi connectivity index (χ0n) is 12.1. The predicted molar refractivity (Wildman–Crippen MR) is 77.4 cm³/mol. The summed E-state index contributed by atoms with van der Waals surface area (Å²) in [5.74, 6) is 0.575. The minimum atomic E-state index is -3.20. The molecule has 1 aromatic carbocycles. The maximum atomic E-state index is 11.5. The van der Waals surface area contributed by atoms with E-state index in [1.165, 1.54) is 6.26 Å². The summed E-state index contributed by atoms with van der Waals surface area (Å²) in [6, 6.07) is 6.61. The number of benzene rings is 1. The number of sulfone groups is 1. The van der Waals surface area contributed by atoms with Gasteiger partial charge in [-0.05, 0) is 45.0 Å². The Hall–Kier alpha value is -1.07. The first-order valence-electron chi connectivity index (χ1n) is 6.44. The van der Waals surface area contributed by atoms with Crippen molar-refractivity contribution in [3.63, 3.8) is 0 Å². The average Bonchev–Trinajstić information content (AvgIpc) is 2.27. The first kappa shape index (κ1) is 16.0. The lowest BCUT2D eigenvalue weighted by atomic mass is 10.1. The molecule has 0 aliphatic carbocycles. The van der Waals surface area contributed by atoms with Gasteiger partial charge in [-0.15, -0.1) is 0 Å². The normalized spacial score (nSPS) is 12.4. The maximum absolute atomic E-state index is 11.5. The largest absolute Gasteiger partial charge is 0.487 e. The zero-order chi connectivity index (χ0) is 14.5. The molecule has 0 aromatic heterocycles. The first-order valence-corrected chi connectivity index (χ1v) is 8.33. The number of nitrogens with one attached hydrogen (secondary N) is 1. The van der Waals surface area contributed by atoms with Gasteiger partial charge in [0, 0.05) is 12.8 Å². The van der Waals surface area contributed by atoms with Crippen molar-refractivity contribution >= 4 is 9.84 Å². The molecule has 0 atom stereocenters. The molecular formula is C14H23NO3S. The third-order valence-corrected chi connectivity index (χ3v) is 3.72. The van der Waals surface area contributed by atoms with E-state index >= 15 is 0 Å². The van der Waals surface area contributed by atoms with Gasteiger partial charge in [0.15, 0.2) is 9.84 Å². The second-order valence-electron chi connectivity index (χ2n) is 5.29. The number of hydrogen-bond acceptors (Lipinski definition) is 4. The molecule has 0 saturated heterocycles. The van der Waals surface area contributed by atoms with Crippen molar-refractivity contribution in [2.75, 3.05) is 19.3 Å². The number of ether oxygens (including phenoxy) is 1. The van der Waals surface area contributed by atoms with Crippen LogP contribution in [0.25, 0.3) is 0 Å². The van der Waals surface area contributed by atoms with Crippen LogP contribution in [0, 0.1) is 0 Å². The summed E-state index contributed by atoms with van der Waals surface area (Å²) in [6.45, 7) is 7.71. The summed E-state index contributed by atoms with van der Waals surface area (Å²) in [6.07, 6.45) is 2.26. The minimum Gasteiger partial charge on any atom is -0.487 e. The van der Waals surface area contributed by atoms with Crippen molar-refractivity contribution in [2.45, 2.75) is 37.7 Å². The molecule has 1 N–H and O–H groups in total. The Kier molecular flexibility index (Phi) is 5.38.